The Balaban J connectivity index is 1.89. The van der Waals surface area contributed by atoms with Crippen molar-refractivity contribution in [2.75, 3.05) is 0 Å². The molecule has 0 saturated heterocycles. The fourth-order valence-corrected chi connectivity index (χ4v) is 1.72. The minimum Gasteiger partial charge on any atom is -0.378 e. The summed E-state index contributed by atoms with van der Waals surface area (Å²) in [6.07, 6.45) is 2.39. The number of benzene rings is 1. The zero-order valence-electron chi connectivity index (χ0n) is 10.8. The Labute approximate surface area is 115 Å². The van der Waals surface area contributed by atoms with E-state index in [2.05, 4.69) is 20.1 Å². The zero-order chi connectivity index (χ0) is 13.9. The first-order chi connectivity index (χ1) is 9.74. The summed E-state index contributed by atoms with van der Waals surface area (Å²) in [4.78, 5) is 12.4. The van der Waals surface area contributed by atoms with Crippen molar-refractivity contribution in [2.45, 2.75) is 13.0 Å². The normalized spacial score (nSPS) is 12.3. The number of rotatable bonds is 3. The molecule has 6 heteroatoms. The summed E-state index contributed by atoms with van der Waals surface area (Å²) < 4.78 is 5.07. The second kappa shape index (κ2) is 5.18. The summed E-state index contributed by atoms with van der Waals surface area (Å²) >= 11 is 0. The average Bonchev–Trinajstić information content (AvgIpc) is 2.98. The molecule has 0 bridgehead atoms. The average molecular weight is 268 g/mol. The number of nitrogens with zero attached hydrogens (tertiary/aromatic N) is 4. The minimum atomic E-state index is -0.956. The first kappa shape index (κ1) is 12.4. The van der Waals surface area contributed by atoms with Gasteiger partial charge in [0.25, 0.3) is 5.89 Å². The molecule has 0 aliphatic carbocycles. The Kier molecular flexibility index (Phi) is 3.22. The van der Waals surface area contributed by atoms with Gasteiger partial charge in [0.15, 0.2) is 6.10 Å². The van der Waals surface area contributed by atoms with Gasteiger partial charge in [0.1, 0.15) is 0 Å². The van der Waals surface area contributed by atoms with Gasteiger partial charge >= 0.3 is 0 Å². The summed E-state index contributed by atoms with van der Waals surface area (Å²) in [5.74, 6) is 0.746. The molecule has 0 fully saturated rings. The molecule has 0 aliphatic heterocycles. The minimum absolute atomic E-state index is 0.121. The number of hydrogen-bond acceptors (Lipinski definition) is 6. The van der Waals surface area contributed by atoms with Crippen LogP contribution in [0.1, 0.15) is 23.1 Å². The van der Waals surface area contributed by atoms with E-state index in [4.69, 9.17) is 4.52 Å². The van der Waals surface area contributed by atoms with Crippen molar-refractivity contribution in [3.63, 3.8) is 0 Å². The third kappa shape index (κ3) is 2.41. The van der Waals surface area contributed by atoms with Crippen LogP contribution in [0.5, 0.6) is 0 Å². The van der Waals surface area contributed by atoms with Crippen molar-refractivity contribution in [3.8, 4) is 11.6 Å². The van der Waals surface area contributed by atoms with Crippen molar-refractivity contribution in [1.29, 1.82) is 0 Å². The van der Waals surface area contributed by atoms with E-state index in [1.54, 1.807) is 24.5 Å². The maximum absolute atomic E-state index is 10.2. The van der Waals surface area contributed by atoms with Gasteiger partial charge in [-0.2, -0.15) is 4.98 Å². The van der Waals surface area contributed by atoms with Crippen LogP contribution >= 0.6 is 0 Å². The molecule has 6 nitrogen and oxygen atoms in total. The molecule has 1 unspecified atom stereocenters. The number of hydrogen-bond donors (Lipinski definition) is 1. The van der Waals surface area contributed by atoms with Crippen LogP contribution in [0.4, 0.5) is 0 Å². The topological polar surface area (TPSA) is 84.9 Å². The Morgan fingerprint density at radius 3 is 2.45 bits per heavy atom. The third-order valence-corrected chi connectivity index (χ3v) is 2.77. The van der Waals surface area contributed by atoms with Gasteiger partial charge in [-0.1, -0.05) is 35.5 Å². The van der Waals surface area contributed by atoms with Crippen LogP contribution in [-0.2, 0) is 0 Å². The van der Waals surface area contributed by atoms with Gasteiger partial charge in [-0.05, 0) is 18.1 Å². The first-order valence-electron chi connectivity index (χ1n) is 6.09. The molecule has 2 aromatic heterocycles. The highest BCUT2D eigenvalue weighted by Gasteiger charge is 2.19. The van der Waals surface area contributed by atoms with E-state index in [-0.39, 0.29) is 11.7 Å². The molecule has 0 saturated carbocycles. The maximum atomic E-state index is 10.2. The smallest absolute Gasteiger partial charge is 0.260 e. The van der Waals surface area contributed by atoms with E-state index in [9.17, 15) is 5.11 Å². The third-order valence-electron chi connectivity index (χ3n) is 2.77. The highest BCUT2D eigenvalue weighted by molar-refractivity contribution is 5.41. The molecular weight excluding hydrogens is 256 g/mol. The van der Waals surface area contributed by atoms with Gasteiger partial charge < -0.3 is 9.63 Å². The van der Waals surface area contributed by atoms with E-state index in [0.717, 1.165) is 5.56 Å². The highest BCUT2D eigenvalue weighted by atomic mass is 16.5. The molecule has 0 spiro atoms. The van der Waals surface area contributed by atoms with Crippen LogP contribution in [0.15, 0.2) is 47.2 Å². The molecule has 1 atom stereocenters. The maximum Gasteiger partial charge on any atom is 0.260 e. The Bertz CT molecular complexity index is 695. The molecule has 0 radical (unpaired) electrons. The van der Waals surface area contributed by atoms with Gasteiger partial charge in [-0.15, -0.1) is 0 Å². The summed E-state index contributed by atoms with van der Waals surface area (Å²) in [6.45, 7) is 1.89. The molecule has 1 aromatic carbocycles. The van der Waals surface area contributed by atoms with Gasteiger partial charge in [0.2, 0.25) is 11.6 Å². The Morgan fingerprint density at radius 1 is 1.05 bits per heavy atom. The van der Waals surface area contributed by atoms with E-state index in [0.29, 0.717) is 11.4 Å². The van der Waals surface area contributed by atoms with E-state index in [1.807, 2.05) is 25.1 Å². The molecule has 2 heterocycles. The zero-order valence-corrected chi connectivity index (χ0v) is 10.8. The van der Waals surface area contributed by atoms with Crippen LogP contribution < -0.4 is 0 Å². The molecule has 0 amide bonds. The van der Waals surface area contributed by atoms with Crippen molar-refractivity contribution in [3.05, 3.63) is 59.7 Å². The molecule has 0 aliphatic rings. The Morgan fingerprint density at radius 2 is 1.75 bits per heavy atom. The molecule has 20 heavy (non-hydrogen) atoms. The second-order valence-electron chi connectivity index (χ2n) is 4.35. The number of aromatic nitrogens is 4. The van der Waals surface area contributed by atoms with Gasteiger partial charge in [0.05, 0.1) is 0 Å². The summed E-state index contributed by atoms with van der Waals surface area (Å²) in [5, 5.41) is 14.0. The largest absolute Gasteiger partial charge is 0.378 e. The lowest BCUT2D eigenvalue weighted by Gasteiger charge is -2.04. The van der Waals surface area contributed by atoms with Crippen molar-refractivity contribution in [2.24, 2.45) is 0 Å². The van der Waals surface area contributed by atoms with E-state index in [1.165, 1.54) is 0 Å². The van der Waals surface area contributed by atoms with Gasteiger partial charge in [-0.3, -0.25) is 0 Å². The fraction of sp³-hybridized carbons (Fsp3) is 0.143. The van der Waals surface area contributed by atoms with E-state index < -0.39 is 6.10 Å². The van der Waals surface area contributed by atoms with Crippen LogP contribution in [0.2, 0.25) is 0 Å². The lowest BCUT2D eigenvalue weighted by atomic mass is 10.1. The standard InChI is InChI=1S/C14H12N4O2/c1-9-7-15-12(16-8-9)13-17-14(20-18-13)11(19)10-5-3-2-4-6-10/h2-8,11,19H,1H3. The van der Waals surface area contributed by atoms with Crippen molar-refractivity contribution < 1.29 is 9.63 Å². The number of aryl methyl sites for hydroxylation is 1. The summed E-state index contributed by atoms with van der Waals surface area (Å²) in [6, 6.07) is 9.11. The van der Waals surface area contributed by atoms with Gasteiger partial charge in [0, 0.05) is 12.4 Å². The van der Waals surface area contributed by atoms with E-state index >= 15 is 0 Å². The van der Waals surface area contributed by atoms with Crippen molar-refractivity contribution >= 4 is 0 Å². The number of aliphatic hydroxyl groups is 1. The predicted molar refractivity (Wildman–Crippen MR) is 70.6 cm³/mol. The predicted octanol–water partition coefficient (Wildman–Crippen LogP) is 1.92. The molecule has 1 N–H and O–H groups in total. The van der Waals surface area contributed by atoms with Crippen LogP contribution in [0, 0.1) is 6.92 Å². The molecule has 3 aromatic rings. The quantitative estimate of drug-likeness (QED) is 0.781. The van der Waals surface area contributed by atoms with Crippen LogP contribution in [-0.4, -0.2) is 25.2 Å². The lowest BCUT2D eigenvalue weighted by Crippen LogP contribution is -1.99. The van der Waals surface area contributed by atoms with Crippen LogP contribution in [0.3, 0.4) is 0 Å². The highest BCUT2D eigenvalue weighted by Crippen LogP contribution is 2.21. The SMILES string of the molecule is Cc1cnc(-c2noc(C(O)c3ccccc3)n2)nc1. The lowest BCUT2D eigenvalue weighted by molar-refractivity contribution is 0.170. The molecular formula is C14H12N4O2. The second-order valence-corrected chi connectivity index (χ2v) is 4.35. The number of aliphatic hydroxyl groups excluding tert-OH is 1. The summed E-state index contributed by atoms with van der Waals surface area (Å²) in [5.41, 5.74) is 1.63. The Hall–Kier alpha value is -2.60. The summed E-state index contributed by atoms with van der Waals surface area (Å²) in [7, 11) is 0. The molecule has 3 rings (SSSR count). The molecule has 100 valence electrons. The van der Waals surface area contributed by atoms with Crippen molar-refractivity contribution in [1.82, 2.24) is 20.1 Å². The first-order valence-corrected chi connectivity index (χ1v) is 6.09. The monoisotopic (exact) mass is 268 g/mol. The fourth-order valence-electron chi connectivity index (χ4n) is 1.72. The van der Waals surface area contributed by atoms with Crippen LogP contribution in [0.25, 0.3) is 11.6 Å². The van der Waals surface area contributed by atoms with Gasteiger partial charge in [-0.25, -0.2) is 9.97 Å².